The van der Waals surface area contributed by atoms with E-state index >= 15 is 0 Å². The molecule has 0 fully saturated rings. The number of benzene rings is 3. The van der Waals surface area contributed by atoms with Crippen LogP contribution >= 0.6 is 0 Å². The molecule has 4 rings (SSSR count). The number of rotatable bonds is 3. The molecular weight excluding hydrogens is 354 g/mol. The van der Waals surface area contributed by atoms with Gasteiger partial charge in [-0.05, 0) is 0 Å². The van der Waals surface area contributed by atoms with Gasteiger partial charge >= 0.3 is 140 Å². The maximum absolute atomic E-state index is 13.7. The molecule has 0 aliphatic carbocycles. The molecule has 0 N–H and O–H groups in total. The predicted molar refractivity (Wildman–Crippen MR) is 93.1 cm³/mol. The van der Waals surface area contributed by atoms with E-state index in [0.29, 0.717) is 0 Å². The number of hydrogen-bond donors (Lipinski definition) is 0. The zero-order chi connectivity index (χ0) is 15.6. The zero-order valence-corrected chi connectivity index (χ0v) is 13.9. The first kappa shape index (κ1) is 14.3. The van der Waals surface area contributed by atoms with E-state index in [1.54, 1.807) is 12.1 Å². The van der Waals surface area contributed by atoms with E-state index in [9.17, 15) is 4.39 Å². The van der Waals surface area contributed by atoms with Crippen molar-refractivity contribution >= 4 is 34.8 Å². The van der Waals surface area contributed by atoms with Crippen LogP contribution in [0, 0.1) is 5.82 Å². The second kappa shape index (κ2) is 6.04. The molecule has 0 aliphatic rings. The van der Waals surface area contributed by atoms with Crippen LogP contribution in [0.5, 0.6) is 0 Å². The van der Waals surface area contributed by atoms with Gasteiger partial charge in [-0.25, -0.2) is 0 Å². The van der Waals surface area contributed by atoms with Crippen molar-refractivity contribution in [2.45, 2.75) is 0 Å². The standard InChI is InChI=1S/C20H13FOSe/c21-15-11-12-18-17(13-15)20(23-16-9-5-2-6-10-16)19(22-18)14-7-3-1-4-8-14/h1-13H. The van der Waals surface area contributed by atoms with Gasteiger partial charge in [-0.3, -0.25) is 0 Å². The second-order valence-electron chi connectivity index (χ2n) is 5.18. The minimum absolute atomic E-state index is 0.0471. The molecule has 0 bridgehead atoms. The van der Waals surface area contributed by atoms with Crippen molar-refractivity contribution in [2.75, 3.05) is 0 Å². The summed E-state index contributed by atoms with van der Waals surface area (Å²) in [4.78, 5) is 0. The van der Waals surface area contributed by atoms with E-state index in [4.69, 9.17) is 4.42 Å². The summed E-state index contributed by atoms with van der Waals surface area (Å²) >= 11 is 0.0471. The van der Waals surface area contributed by atoms with E-state index in [1.165, 1.54) is 10.5 Å². The Labute approximate surface area is 139 Å². The van der Waals surface area contributed by atoms with E-state index < -0.39 is 0 Å². The van der Waals surface area contributed by atoms with E-state index in [1.807, 2.05) is 48.5 Å². The van der Waals surface area contributed by atoms with Gasteiger partial charge in [0.05, 0.1) is 0 Å². The fourth-order valence-electron chi connectivity index (χ4n) is 2.53. The van der Waals surface area contributed by atoms with Gasteiger partial charge in [-0.15, -0.1) is 0 Å². The van der Waals surface area contributed by atoms with Crippen LogP contribution in [0.1, 0.15) is 0 Å². The molecule has 3 aromatic carbocycles. The fraction of sp³-hybridized carbons (Fsp3) is 0. The van der Waals surface area contributed by atoms with Crippen LogP contribution in [0.15, 0.2) is 83.3 Å². The van der Waals surface area contributed by atoms with Crippen LogP contribution in [-0.2, 0) is 0 Å². The summed E-state index contributed by atoms with van der Waals surface area (Å²) < 4.78 is 22.1. The van der Waals surface area contributed by atoms with Crippen molar-refractivity contribution in [3.63, 3.8) is 0 Å². The number of hydrogen-bond acceptors (Lipinski definition) is 1. The number of fused-ring (bicyclic) bond motifs is 1. The van der Waals surface area contributed by atoms with Crippen LogP contribution in [0.4, 0.5) is 4.39 Å². The van der Waals surface area contributed by atoms with Crippen LogP contribution in [0.25, 0.3) is 22.3 Å². The quantitative estimate of drug-likeness (QED) is 0.501. The van der Waals surface area contributed by atoms with Gasteiger partial charge in [-0.2, -0.15) is 0 Å². The van der Waals surface area contributed by atoms with E-state index in [-0.39, 0.29) is 20.8 Å². The molecule has 3 heteroatoms. The Hall–Kier alpha value is -2.35. The molecule has 0 spiro atoms. The first-order valence-electron chi connectivity index (χ1n) is 7.31. The average Bonchev–Trinajstić information content (AvgIpc) is 2.95. The van der Waals surface area contributed by atoms with Gasteiger partial charge in [0.2, 0.25) is 0 Å². The third kappa shape index (κ3) is 2.81. The van der Waals surface area contributed by atoms with Gasteiger partial charge < -0.3 is 0 Å². The summed E-state index contributed by atoms with van der Waals surface area (Å²) in [6, 6.07) is 25.0. The maximum atomic E-state index is 13.7. The molecule has 1 aromatic heterocycles. The van der Waals surface area contributed by atoms with Crippen molar-refractivity contribution in [3.8, 4) is 11.3 Å². The Bertz CT molecular complexity index is 945. The average molecular weight is 367 g/mol. The molecule has 1 heterocycles. The van der Waals surface area contributed by atoms with Crippen molar-refractivity contribution in [2.24, 2.45) is 0 Å². The van der Waals surface area contributed by atoms with Crippen molar-refractivity contribution in [3.05, 3.63) is 84.7 Å². The molecule has 1 nitrogen and oxygen atoms in total. The van der Waals surface area contributed by atoms with Gasteiger partial charge in [0.1, 0.15) is 0 Å². The van der Waals surface area contributed by atoms with Crippen LogP contribution < -0.4 is 8.92 Å². The first-order valence-corrected chi connectivity index (χ1v) is 9.03. The van der Waals surface area contributed by atoms with Gasteiger partial charge in [-0.1, -0.05) is 0 Å². The number of furan rings is 1. The monoisotopic (exact) mass is 368 g/mol. The molecule has 0 unspecified atom stereocenters. The summed E-state index contributed by atoms with van der Waals surface area (Å²) in [5, 5.41) is 0.868. The second-order valence-corrected chi connectivity index (χ2v) is 7.46. The third-order valence-corrected chi connectivity index (χ3v) is 5.95. The molecule has 0 saturated carbocycles. The summed E-state index contributed by atoms with van der Waals surface area (Å²) in [5.41, 5.74) is 1.76. The molecule has 0 atom stereocenters. The van der Waals surface area contributed by atoms with Crippen LogP contribution in [-0.4, -0.2) is 15.0 Å². The minimum atomic E-state index is -0.233. The first-order chi connectivity index (χ1) is 11.3. The molecule has 0 amide bonds. The van der Waals surface area contributed by atoms with Crippen molar-refractivity contribution in [1.29, 1.82) is 0 Å². The topological polar surface area (TPSA) is 13.1 Å². The summed E-state index contributed by atoms with van der Waals surface area (Å²) in [7, 11) is 0. The Morgan fingerprint density at radius 3 is 2.22 bits per heavy atom. The van der Waals surface area contributed by atoms with E-state index in [0.717, 1.165) is 26.8 Å². The zero-order valence-electron chi connectivity index (χ0n) is 12.2. The van der Waals surface area contributed by atoms with Gasteiger partial charge in [0, 0.05) is 0 Å². The molecule has 4 aromatic rings. The molecule has 112 valence electrons. The Morgan fingerprint density at radius 2 is 1.48 bits per heavy atom. The van der Waals surface area contributed by atoms with Crippen LogP contribution in [0.2, 0.25) is 0 Å². The molecule has 0 aliphatic heterocycles. The van der Waals surface area contributed by atoms with Gasteiger partial charge in [0.25, 0.3) is 0 Å². The normalized spacial score (nSPS) is 11.0. The van der Waals surface area contributed by atoms with Crippen molar-refractivity contribution in [1.82, 2.24) is 0 Å². The van der Waals surface area contributed by atoms with Crippen molar-refractivity contribution < 1.29 is 8.81 Å². The SMILES string of the molecule is Fc1ccc2oc(-c3ccccc3)c([Se]c3ccccc3)c2c1. The van der Waals surface area contributed by atoms with Gasteiger partial charge in [0.15, 0.2) is 0 Å². The Morgan fingerprint density at radius 1 is 0.783 bits per heavy atom. The Kier molecular flexibility index (Phi) is 3.74. The third-order valence-electron chi connectivity index (χ3n) is 3.60. The fourth-order valence-corrected chi connectivity index (χ4v) is 4.74. The molecular formula is C20H13FOSe. The summed E-state index contributed by atoms with van der Waals surface area (Å²) in [6.07, 6.45) is 0. The molecule has 0 radical (unpaired) electrons. The molecule has 23 heavy (non-hydrogen) atoms. The number of halogens is 1. The molecule has 0 saturated heterocycles. The van der Waals surface area contributed by atoms with Crippen LogP contribution in [0.3, 0.4) is 0 Å². The summed E-state index contributed by atoms with van der Waals surface area (Å²) in [6.45, 7) is 0. The summed E-state index contributed by atoms with van der Waals surface area (Å²) in [5.74, 6) is 0.609. The van der Waals surface area contributed by atoms with E-state index in [2.05, 4.69) is 12.1 Å². The Balaban J connectivity index is 1.93. The predicted octanol–water partition coefficient (Wildman–Crippen LogP) is 3.89.